The first kappa shape index (κ1) is 15.1. The van der Waals surface area contributed by atoms with Gasteiger partial charge >= 0.3 is 5.97 Å². The van der Waals surface area contributed by atoms with Crippen LogP contribution in [0.3, 0.4) is 0 Å². The average molecular weight is 294 g/mol. The molecule has 2 N–H and O–H groups in total. The van der Waals surface area contributed by atoms with Gasteiger partial charge in [-0.25, -0.2) is 4.79 Å². The lowest BCUT2D eigenvalue weighted by Crippen LogP contribution is -2.71. The maximum absolute atomic E-state index is 11.8. The van der Waals surface area contributed by atoms with E-state index in [9.17, 15) is 9.59 Å². The van der Waals surface area contributed by atoms with Crippen molar-refractivity contribution in [3.63, 3.8) is 0 Å². The molecule has 114 valence electrons. The first-order valence-electron chi connectivity index (χ1n) is 6.38. The number of ether oxygens (including phenoxy) is 3. The summed E-state index contributed by atoms with van der Waals surface area (Å²) in [6.07, 6.45) is 0. The molecule has 1 aromatic rings. The Labute approximate surface area is 122 Å². The SMILES string of the molecule is COC(=O)[C@H]1[C@H](N)C(=O)N1Cc1ccc(OC)cc1OC. The normalized spacial score (nSPS) is 20.8. The second kappa shape index (κ2) is 6.01. The number of hydrogen-bond donors (Lipinski definition) is 1. The van der Waals surface area contributed by atoms with Gasteiger partial charge in [0.1, 0.15) is 17.5 Å². The van der Waals surface area contributed by atoms with Crippen LogP contribution in [-0.2, 0) is 20.9 Å². The molecule has 2 rings (SSSR count). The van der Waals surface area contributed by atoms with Crippen LogP contribution in [0.2, 0.25) is 0 Å². The molecule has 0 spiro atoms. The second-order valence-electron chi connectivity index (χ2n) is 4.64. The van der Waals surface area contributed by atoms with Crippen LogP contribution in [0.1, 0.15) is 5.56 Å². The number of hydrogen-bond acceptors (Lipinski definition) is 6. The lowest BCUT2D eigenvalue weighted by Gasteiger charge is -2.43. The van der Waals surface area contributed by atoms with Crippen molar-refractivity contribution in [1.82, 2.24) is 4.90 Å². The van der Waals surface area contributed by atoms with Gasteiger partial charge in [-0.2, -0.15) is 0 Å². The van der Waals surface area contributed by atoms with Crippen LogP contribution in [0.5, 0.6) is 11.5 Å². The van der Waals surface area contributed by atoms with Crippen LogP contribution in [0, 0.1) is 0 Å². The van der Waals surface area contributed by atoms with Crippen LogP contribution in [0.15, 0.2) is 18.2 Å². The predicted molar refractivity (Wildman–Crippen MR) is 73.9 cm³/mol. The number of carbonyl (C=O) groups excluding carboxylic acids is 2. The number of nitrogens with zero attached hydrogens (tertiary/aromatic N) is 1. The largest absolute Gasteiger partial charge is 0.497 e. The van der Waals surface area contributed by atoms with Gasteiger partial charge in [-0.3, -0.25) is 4.79 Å². The maximum atomic E-state index is 11.8. The van der Waals surface area contributed by atoms with Gasteiger partial charge in [0, 0.05) is 11.6 Å². The summed E-state index contributed by atoms with van der Waals surface area (Å²) in [4.78, 5) is 24.9. The Kier molecular flexibility index (Phi) is 4.32. The molecule has 2 atom stereocenters. The highest BCUT2D eigenvalue weighted by atomic mass is 16.5. The van der Waals surface area contributed by atoms with E-state index in [-0.39, 0.29) is 12.5 Å². The van der Waals surface area contributed by atoms with Gasteiger partial charge < -0.3 is 24.8 Å². The van der Waals surface area contributed by atoms with E-state index in [1.165, 1.54) is 19.1 Å². The quantitative estimate of drug-likeness (QED) is 0.603. The highest BCUT2D eigenvalue weighted by molar-refractivity contribution is 5.99. The lowest BCUT2D eigenvalue weighted by atomic mass is 9.95. The third-order valence-electron chi connectivity index (χ3n) is 3.52. The molecule has 1 amide bonds. The lowest BCUT2D eigenvalue weighted by molar-refractivity contribution is -0.167. The monoisotopic (exact) mass is 294 g/mol. The Hall–Kier alpha value is -2.28. The number of β-lactam (4-membered cyclic amide) rings is 1. The molecule has 1 aromatic carbocycles. The summed E-state index contributed by atoms with van der Waals surface area (Å²) in [5, 5.41) is 0. The third-order valence-corrected chi connectivity index (χ3v) is 3.52. The number of esters is 1. The van der Waals surface area contributed by atoms with E-state index < -0.39 is 18.1 Å². The summed E-state index contributed by atoms with van der Waals surface area (Å²) in [6.45, 7) is 0.222. The van der Waals surface area contributed by atoms with Crippen molar-refractivity contribution in [3.8, 4) is 11.5 Å². The minimum atomic E-state index is -0.846. The van der Waals surface area contributed by atoms with Crippen molar-refractivity contribution >= 4 is 11.9 Å². The van der Waals surface area contributed by atoms with Gasteiger partial charge in [0.25, 0.3) is 0 Å². The Morgan fingerprint density at radius 1 is 1.29 bits per heavy atom. The minimum Gasteiger partial charge on any atom is -0.497 e. The Morgan fingerprint density at radius 2 is 2.00 bits per heavy atom. The molecule has 0 saturated carbocycles. The zero-order chi connectivity index (χ0) is 15.6. The summed E-state index contributed by atoms with van der Waals surface area (Å²) in [5.41, 5.74) is 6.42. The van der Waals surface area contributed by atoms with E-state index in [0.717, 1.165) is 5.56 Å². The van der Waals surface area contributed by atoms with Crippen LogP contribution in [-0.4, -0.2) is 50.2 Å². The van der Waals surface area contributed by atoms with Gasteiger partial charge in [-0.15, -0.1) is 0 Å². The number of nitrogens with two attached hydrogens (primary N) is 1. The van der Waals surface area contributed by atoms with E-state index in [0.29, 0.717) is 11.5 Å². The predicted octanol–water partition coefficient (Wildman–Crippen LogP) is -0.0851. The molecule has 1 fully saturated rings. The fraction of sp³-hybridized carbons (Fsp3) is 0.429. The summed E-state index contributed by atoms with van der Waals surface area (Å²) in [5.74, 6) is 0.413. The molecule has 1 heterocycles. The van der Waals surface area contributed by atoms with Crippen molar-refractivity contribution in [2.75, 3.05) is 21.3 Å². The summed E-state index contributed by atoms with van der Waals surface area (Å²) in [6, 6.07) is 3.65. The van der Waals surface area contributed by atoms with Gasteiger partial charge in [0.15, 0.2) is 6.04 Å². The molecule has 1 saturated heterocycles. The van der Waals surface area contributed by atoms with Crippen molar-refractivity contribution in [3.05, 3.63) is 23.8 Å². The van der Waals surface area contributed by atoms with Gasteiger partial charge in [-0.1, -0.05) is 0 Å². The summed E-state index contributed by atoms with van der Waals surface area (Å²) < 4.78 is 15.1. The molecule has 7 heteroatoms. The van der Waals surface area contributed by atoms with Crippen molar-refractivity contribution in [1.29, 1.82) is 0 Å². The van der Waals surface area contributed by atoms with Crippen LogP contribution in [0.25, 0.3) is 0 Å². The molecule has 0 unspecified atom stereocenters. The van der Waals surface area contributed by atoms with Gasteiger partial charge in [0.05, 0.1) is 27.9 Å². The number of likely N-dealkylation sites (tertiary alicyclic amines) is 1. The molecule has 21 heavy (non-hydrogen) atoms. The zero-order valence-corrected chi connectivity index (χ0v) is 12.2. The number of methoxy groups -OCH3 is 3. The Balaban J connectivity index is 2.21. The van der Waals surface area contributed by atoms with E-state index in [1.807, 2.05) is 0 Å². The smallest absolute Gasteiger partial charge is 0.330 e. The molecule has 7 nitrogen and oxygen atoms in total. The molecule has 0 radical (unpaired) electrons. The Morgan fingerprint density at radius 3 is 2.57 bits per heavy atom. The third kappa shape index (κ3) is 2.64. The van der Waals surface area contributed by atoms with Crippen molar-refractivity contribution in [2.45, 2.75) is 18.6 Å². The molecule has 0 aromatic heterocycles. The summed E-state index contributed by atoms with van der Waals surface area (Å²) >= 11 is 0. The molecular weight excluding hydrogens is 276 g/mol. The van der Waals surface area contributed by atoms with E-state index >= 15 is 0 Å². The van der Waals surface area contributed by atoms with E-state index in [4.69, 9.17) is 15.2 Å². The fourth-order valence-corrected chi connectivity index (χ4v) is 2.31. The zero-order valence-electron chi connectivity index (χ0n) is 12.2. The molecule has 1 aliphatic rings. The van der Waals surface area contributed by atoms with E-state index in [2.05, 4.69) is 4.74 Å². The number of amides is 1. The summed E-state index contributed by atoms with van der Waals surface area (Å²) in [7, 11) is 4.35. The van der Waals surface area contributed by atoms with E-state index in [1.54, 1.807) is 25.3 Å². The Bertz CT molecular complexity index is 560. The number of carbonyl (C=O) groups is 2. The molecule has 0 aliphatic carbocycles. The van der Waals surface area contributed by atoms with Gasteiger partial charge in [-0.05, 0) is 12.1 Å². The van der Waals surface area contributed by atoms with Crippen LogP contribution >= 0.6 is 0 Å². The highest BCUT2D eigenvalue weighted by Crippen LogP contribution is 2.29. The fourth-order valence-electron chi connectivity index (χ4n) is 2.31. The van der Waals surface area contributed by atoms with Crippen LogP contribution in [0.4, 0.5) is 0 Å². The molecule has 0 bridgehead atoms. The highest BCUT2D eigenvalue weighted by Gasteiger charge is 2.50. The van der Waals surface area contributed by atoms with Gasteiger partial charge in [0.2, 0.25) is 5.91 Å². The number of benzene rings is 1. The first-order valence-corrected chi connectivity index (χ1v) is 6.38. The standard InChI is InChI=1S/C14H18N2O5/c1-19-9-5-4-8(10(6-9)20-2)7-16-12(14(18)21-3)11(15)13(16)17/h4-6,11-12H,7,15H2,1-3H3/t11-,12+/m0/s1. The second-order valence-corrected chi connectivity index (χ2v) is 4.64. The minimum absolute atomic E-state index is 0.222. The molecular formula is C14H18N2O5. The van der Waals surface area contributed by atoms with Crippen molar-refractivity contribution in [2.24, 2.45) is 5.73 Å². The maximum Gasteiger partial charge on any atom is 0.330 e. The van der Waals surface area contributed by atoms with Crippen LogP contribution < -0.4 is 15.2 Å². The number of rotatable bonds is 5. The van der Waals surface area contributed by atoms with Crippen molar-refractivity contribution < 1.29 is 23.8 Å². The average Bonchev–Trinajstić information content (AvgIpc) is 2.53. The molecule has 1 aliphatic heterocycles. The first-order chi connectivity index (χ1) is 10.0. The topological polar surface area (TPSA) is 91.1 Å².